The molecular formula is C17H19N3O2S. The average Bonchev–Trinajstić information content (AvgIpc) is 3.02. The highest BCUT2D eigenvalue weighted by molar-refractivity contribution is 7.98. The van der Waals surface area contributed by atoms with Crippen molar-refractivity contribution < 1.29 is 4.79 Å². The van der Waals surface area contributed by atoms with Gasteiger partial charge < -0.3 is 5.32 Å². The average molecular weight is 329 g/mol. The van der Waals surface area contributed by atoms with Crippen molar-refractivity contribution in [3.63, 3.8) is 0 Å². The third kappa shape index (κ3) is 3.64. The van der Waals surface area contributed by atoms with Gasteiger partial charge in [-0.2, -0.15) is 5.10 Å². The molecule has 0 saturated heterocycles. The molecule has 1 heterocycles. The summed E-state index contributed by atoms with van der Waals surface area (Å²) >= 11 is 1.60. The number of carbonyl (C=O) groups excluding carboxylic acids is 1. The van der Waals surface area contributed by atoms with Crippen LogP contribution in [-0.4, -0.2) is 28.5 Å². The van der Waals surface area contributed by atoms with Gasteiger partial charge in [0.25, 0.3) is 11.5 Å². The summed E-state index contributed by atoms with van der Waals surface area (Å²) in [6.07, 6.45) is 4.92. The number of benzene rings is 1. The van der Waals surface area contributed by atoms with Crippen LogP contribution in [0.2, 0.25) is 0 Å². The second kappa shape index (κ2) is 7.00. The lowest BCUT2D eigenvalue weighted by atomic mass is 10.2. The van der Waals surface area contributed by atoms with Crippen molar-refractivity contribution in [2.75, 3.05) is 12.8 Å². The van der Waals surface area contributed by atoms with E-state index in [2.05, 4.69) is 10.4 Å². The van der Waals surface area contributed by atoms with E-state index in [1.54, 1.807) is 23.9 Å². The molecule has 2 aromatic rings. The van der Waals surface area contributed by atoms with Gasteiger partial charge in [0, 0.05) is 23.1 Å². The molecule has 0 aliphatic heterocycles. The van der Waals surface area contributed by atoms with Crippen LogP contribution in [0, 0.1) is 0 Å². The highest BCUT2D eigenvalue weighted by atomic mass is 32.2. The third-order valence-electron chi connectivity index (χ3n) is 3.96. The first kappa shape index (κ1) is 15.8. The van der Waals surface area contributed by atoms with Gasteiger partial charge in [-0.05, 0) is 49.3 Å². The smallest absolute Gasteiger partial charge is 0.267 e. The van der Waals surface area contributed by atoms with Gasteiger partial charge in [-0.15, -0.1) is 11.8 Å². The standard InChI is InChI=1S/C17H19N3O2S/c1-23-14-6-2-5-13(10-14)17(22)18-8-9-20-16(21)11-12-4-3-7-15(12)19-20/h2,5-6,10-11H,3-4,7-9H2,1H3,(H,18,22). The molecule has 0 spiro atoms. The van der Waals surface area contributed by atoms with Crippen molar-refractivity contribution in [3.8, 4) is 0 Å². The SMILES string of the molecule is CSc1cccc(C(=O)NCCn2nc3c(cc2=O)CCC3)c1. The molecule has 5 nitrogen and oxygen atoms in total. The van der Waals surface area contributed by atoms with Crippen LogP contribution in [0.25, 0.3) is 0 Å². The molecule has 3 rings (SSSR count). The molecule has 1 aliphatic rings. The Morgan fingerprint density at radius 3 is 3.04 bits per heavy atom. The fraction of sp³-hybridized carbons (Fsp3) is 0.353. The summed E-state index contributed by atoms with van der Waals surface area (Å²) in [6, 6.07) is 9.16. The highest BCUT2D eigenvalue weighted by Crippen LogP contribution is 2.17. The topological polar surface area (TPSA) is 64.0 Å². The summed E-state index contributed by atoms with van der Waals surface area (Å²) in [4.78, 5) is 25.2. The lowest BCUT2D eigenvalue weighted by Crippen LogP contribution is -2.32. The van der Waals surface area contributed by atoms with Crippen molar-refractivity contribution in [2.45, 2.75) is 30.7 Å². The Balaban J connectivity index is 1.61. The minimum atomic E-state index is -0.130. The molecule has 1 aliphatic carbocycles. The fourth-order valence-corrected chi connectivity index (χ4v) is 3.20. The lowest BCUT2D eigenvalue weighted by Gasteiger charge is -2.09. The zero-order chi connectivity index (χ0) is 16.2. The summed E-state index contributed by atoms with van der Waals surface area (Å²) in [5.74, 6) is -0.130. The molecule has 0 bridgehead atoms. The molecular weight excluding hydrogens is 310 g/mol. The number of nitrogens with one attached hydrogen (secondary N) is 1. The molecule has 0 fully saturated rings. The number of hydrogen-bond acceptors (Lipinski definition) is 4. The van der Waals surface area contributed by atoms with E-state index < -0.39 is 0 Å². The monoisotopic (exact) mass is 329 g/mol. The number of aryl methyl sites for hydroxylation is 2. The van der Waals surface area contributed by atoms with E-state index in [1.807, 2.05) is 24.5 Å². The van der Waals surface area contributed by atoms with Crippen LogP contribution in [0.5, 0.6) is 0 Å². The van der Waals surface area contributed by atoms with Crippen molar-refractivity contribution in [1.82, 2.24) is 15.1 Å². The first-order chi connectivity index (χ1) is 11.2. The second-order valence-electron chi connectivity index (χ2n) is 5.52. The summed E-state index contributed by atoms with van der Waals surface area (Å²) in [7, 11) is 0. The predicted octanol–water partition coefficient (Wildman–Crippen LogP) is 1.88. The van der Waals surface area contributed by atoms with Crippen LogP contribution in [0.3, 0.4) is 0 Å². The second-order valence-corrected chi connectivity index (χ2v) is 6.40. The quantitative estimate of drug-likeness (QED) is 0.851. The molecule has 1 aromatic carbocycles. The molecule has 1 N–H and O–H groups in total. The lowest BCUT2D eigenvalue weighted by molar-refractivity contribution is 0.0951. The minimum absolute atomic E-state index is 0.0933. The van der Waals surface area contributed by atoms with Crippen LogP contribution in [0.4, 0.5) is 0 Å². The van der Waals surface area contributed by atoms with Gasteiger partial charge in [0.15, 0.2) is 0 Å². The Morgan fingerprint density at radius 1 is 1.35 bits per heavy atom. The predicted molar refractivity (Wildman–Crippen MR) is 91.1 cm³/mol. The maximum atomic E-state index is 12.1. The van der Waals surface area contributed by atoms with E-state index in [0.29, 0.717) is 18.7 Å². The number of nitrogens with zero attached hydrogens (tertiary/aromatic N) is 2. The van der Waals surface area contributed by atoms with Gasteiger partial charge in [0.05, 0.1) is 12.2 Å². The van der Waals surface area contributed by atoms with Gasteiger partial charge in [-0.1, -0.05) is 6.07 Å². The van der Waals surface area contributed by atoms with E-state index in [9.17, 15) is 9.59 Å². The largest absolute Gasteiger partial charge is 0.350 e. The molecule has 0 radical (unpaired) electrons. The van der Waals surface area contributed by atoms with Crippen molar-refractivity contribution in [2.24, 2.45) is 0 Å². The summed E-state index contributed by atoms with van der Waals surface area (Å²) < 4.78 is 1.45. The van der Waals surface area contributed by atoms with Crippen LogP contribution in [0.1, 0.15) is 28.0 Å². The van der Waals surface area contributed by atoms with Gasteiger partial charge in [0.1, 0.15) is 0 Å². The number of thioether (sulfide) groups is 1. The van der Waals surface area contributed by atoms with Crippen LogP contribution in [0.15, 0.2) is 40.0 Å². The maximum Gasteiger partial charge on any atom is 0.267 e. The van der Waals surface area contributed by atoms with Crippen molar-refractivity contribution in [3.05, 3.63) is 57.5 Å². The Labute approximate surface area is 139 Å². The molecule has 23 heavy (non-hydrogen) atoms. The zero-order valence-corrected chi connectivity index (χ0v) is 13.9. The van der Waals surface area contributed by atoms with Crippen molar-refractivity contribution >= 4 is 17.7 Å². The Hall–Kier alpha value is -2.08. The minimum Gasteiger partial charge on any atom is -0.350 e. The Bertz CT molecular complexity index is 786. The van der Waals surface area contributed by atoms with Crippen LogP contribution in [-0.2, 0) is 19.4 Å². The van der Waals surface area contributed by atoms with Gasteiger partial charge >= 0.3 is 0 Å². The first-order valence-electron chi connectivity index (χ1n) is 7.69. The van der Waals surface area contributed by atoms with Crippen molar-refractivity contribution in [1.29, 1.82) is 0 Å². The van der Waals surface area contributed by atoms with Crippen LogP contribution < -0.4 is 10.9 Å². The van der Waals surface area contributed by atoms with Gasteiger partial charge in [0.2, 0.25) is 0 Å². The number of rotatable bonds is 5. The number of carbonyl (C=O) groups is 1. The molecule has 6 heteroatoms. The van der Waals surface area contributed by atoms with E-state index in [4.69, 9.17) is 0 Å². The van der Waals surface area contributed by atoms with Gasteiger partial charge in [-0.25, -0.2) is 4.68 Å². The molecule has 0 unspecified atom stereocenters. The normalized spacial score (nSPS) is 12.9. The number of fused-ring (bicyclic) bond motifs is 1. The van der Waals surface area contributed by atoms with E-state index >= 15 is 0 Å². The van der Waals surface area contributed by atoms with E-state index in [-0.39, 0.29) is 11.5 Å². The van der Waals surface area contributed by atoms with Crippen LogP contribution >= 0.6 is 11.8 Å². The molecule has 1 amide bonds. The molecule has 120 valence electrons. The fourth-order valence-electron chi connectivity index (χ4n) is 2.74. The summed E-state index contributed by atoms with van der Waals surface area (Å²) in [5, 5.41) is 7.25. The Morgan fingerprint density at radius 2 is 2.22 bits per heavy atom. The molecule has 0 saturated carbocycles. The first-order valence-corrected chi connectivity index (χ1v) is 8.92. The number of amides is 1. The zero-order valence-electron chi connectivity index (χ0n) is 13.0. The Kier molecular flexibility index (Phi) is 4.81. The van der Waals surface area contributed by atoms with Gasteiger partial charge in [-0.3, -0.25) is 9.59 Å². The van der Waals surface area contributed by atoms with E-state index in [1.165, 1.54) is 4.68 Å². The number of hydrogen-bond donors (Lipinski definition) is 1. The van der Waals surface area contributed by atoms with E-state index in [0.717, 1.165) is 35.4 Å². The molecule has 1 aromatic heterocycles. The maximum absolute atomic E-state index is 12.1. The number of aromatic nitrogens is 2. The summed E-state index contributed by atoms with van der Waals surface area (Å²) in [5.41, 5.74) is 2.63. The molecule has 0 atom stereocenters. The third-order valence-corrected chi connectivity index (χ3v) is 4.69. The highest BCUT2D eigenvalue weighted by Gasteiger charge is 2.14. The summed E-state index contributed by atoms with van der Waals surface area (Å²) in [6.45, 7) is 0.772.